The van der Waals surface area contributed by atoms with Gasteiger partial charge in [-0.2, -0.15) is 16.8 Å². The van der Waals surface area contributed by atoms with Crippen molar-refractivity contribution in [1.29, 1.82) is 0 Å². The third kappa shape index (κ3) is 4.26. The standard InChI is InChI=1S/C10H8O6S2.2Na/c11-17(12,13)9-6-5-7-3-1-2-4-8(7)10(9)18(14,15)16;;/h1-6H,(H,11,12,13)(H,14,15,16);;. The molecule has 2 N–H and O–H groups in total. The first-order valence-electron chi connectivity index (χ1n) is 4.68. The van der Waals surface area contributed by atoms with Crippen molar-refractivity contribution in [3.8, 4) is 0 Å². The summed E-state index contributed by atoms with van der Waals surface area (Å²) in [5.74, 6) is 0. The van der Waals surface area contributed by atoms with Crippen molar-refractivity contribution < 1.29 is 25.9 Å². The van der Waals surface area contributed by atoms with E-state index in [9.17, 15) is 16.8 Å². The molecule has 2 rings (SSSR count). The maximum Gasteiger partial charge on any atom is 0.296 e. The Hall–Kier alpha value is 0.520. The van der Waals surface area contributed by atoms with Crippen LogP contribution in [0.15, 0.2) is 46.2 Å². The molecule has 0 heterocycles. The molecule has 0 aromatic heterocycles. The van der Waals surface area contributed by atoms with Crippen molar-refractivity contribution >= 4 is 90.1 Å². The van der Waals surface area contributed by atoms with Crippen LogP contribution in [-0.2, 0) is 20.2 Å². The molecule has 0 amide bonds. The summed E-state index contributed by atoms with van der Waals surface area (Å²) in [5.41, 5.74) is 0. The van der Waals surface area contributed by atoms with Gasteiger partial charge in [0.15, 0.2) is 0 Å². The summed E-state index contributed by atoms with van der Waals surface area (Å²) in [5, 5.41) is 0.452. The molecule has 0 spiro atoms. The molecule has 0 aliphatic rings. The molecule has 0 saturated heterocycles. The van der Waals surface area contributed by atoms with Crippen LogP contribution in [0.3, 0.4) is 0 Å². The molecule has 0 unspecified atom stereocenters. The zero-order valence-corrected chi connectivity index (χ0v) is 16.4. The second kappa shape index (κ2) is 7.19. The predicted octanol–water partition coefficient (Wildman–Crippen LogP) is 0.572. The predicted molar refractivity (Wildman–Crippen MR) is 75.1 cm³/mol. The van der Waals surface area contributed by atoms with Crippen LogP contribution >= 0.6 is 0 Å². The van der Waals surface area contributed by atoms with Gasteiger partial charge in [-0.15, -0.1) is 0 Å². The van der Waals surface area contributed by atoms with E-state index in [4.69, 9.17) is 9.11 Å². The quantitative estimate of drug-likeness (QED) is 0.614. The minimum Gasteiger partial charge on any atom is -0.282 e. The van der Waals surface area contributed by atoms with Gasteiger partial charge in [0, 0.05) is 64.5 Å². The Morgan fingerprint density at radius 3 is 1.80 bits per heavy atom. The van der Waals surface area contributed by atoms with Gasteiger partial charge in [0.1, 0.15) is 9.79 Å². The van der Waals surface area contributed by atoms with Gasteiger partial charge in [-0.05, 0) is 11.5 Å². The number of hydrogen-bond donors (Lipinski definition) is 2. The second-order valence-electron chi connectivity index (χ2n) is 3.56. The number of rotatable bonds is 2. The maximum atomic E-state index is 11.3. The molecule has 10 heteroatoms. The number of fused-ring (bicyclic) bond motifs is 1. The average molecular weight is 334 g/mol. The second-order valence-corrected chi connectivity index (χ2v) is 6.31. The van der Waals surface area contributed by atoms with Crippen molar-refractivity contribution in [3.05, 3.63) is 36.4 Å². The fourth-order valence-corrected chi connectivity index (χ4v) is 3.69. The van der Waals surface area contributed by atoms with Gasteiger partial charge in [-0.1, -0.05) is 30.3 Å². The van der Waals surface area contributed by atoms with Crippen molar-refractivity contribution in [2.45, 2.75) is 9.79 Å². The summed E-state index contributed by atoms with van der Waals surface area (Å²) < 4.78 is 63.0. The first-order chi connectivity index (χ1) is 8.21. The zero-order chi connectivity index (χ0) is 13.6. The molecule has 0 saturated carbocycles. The Morgan fingerprint density at radius 2 is 1.30 bits per heavy atom. The molecule has 2 radical (unpaired) electrons. The fraction of sp³-hybridized carbons (Fsp3) is 0. The van der Waals surface area contributed by atoms with Crippen LogP contribution in [0, 0.1) is 0 Å². The van der Waals surface area contributed by atoms with Crippen molar-refractivity contribution in [2.24, 2.45) is 0 Å². The van der Waals surface area contributed by atoms with Crippen molar-refractivity contribution in [3.63, 3.8) is 0 Å². The minimum atomic E-state index is -4.78. The summed E-state index contributed by atoms with van der Waals surface area (Å²) in [6.07, 6.45) is 0. The van der Waals surface area contributed by atoms with E-state index in [1.165, 1.54) is 18.2 Å². The summed E-state index contributed by atoms with van der Waals surface area (Å²) in [6.45, 7) is 0. The molecule has 0 bridgehead atoms. The topological polar surface area (TPSA) is 109 Å². The van der Waals surface area contributed by atoms with E-state index in [0.717, 1.165) is 6.07 Å². The van der Waals surface area contributed by atoms with E-state index in [0.29, 0.717) is 5.39 Å². The van der Waals surface area contributed by atoms with E-state index in [1.54, 1.807) is 12.1 Å². The molecular weight excluding hydrogens is 326 g/mol. The van der Waals surface area contributed by atoms with Crippen LogP contribution < -0.4 is 0 Å². The Balaban J connectivity index is 0.00000180. The Morgan fingerprint density at radius 1 is 0.750 bits per heavy atom. The van der Waals surface area contributed by atoms with E-state index < -0.39 is 30.0 Å². The van der Waals surface area contributed by atoms with Gasteiger partial charge in [0.25, 0.3) is 20.2 Å². The molecule has 2 aromatic rings. The molecule has 6 nitrogen and oxygen atoms in total. The van der Waals surface area contributed by atoms with E-state index in [2.05, 4.69) is 0 Å². The Bertz CT molecular complexity index is 830. The molecule has 2 aromatic carbocycles. The summed E-state index contributed by atoms with van der Waals surface area (Å²) >= 11 is 0. The number of benzene rings is 2. The smallest absolute Gasteiger partial charge is 0.282 e. The SMILES string of the molecule is O=S(=O)(O)c1ccc2ccccc2c1S(=O)(=O)O.[Na].[Na]. The molecule has 20 heavy (non-hydrogen) atoms. The van der Waals surface area contributed by atoms with Gasteiger partial charge in [0.2, 0.25) is 0 Å². The van der Waals surface area contributed by atoms with Crippen LogP contribution in [0.4, 0.5) is 0 Å². The third-order valence-corrected chi connectivity index (χ3v) is 4.36. The largest absolute Gasteiger partial charge is 0.296 e. The Labute approximate surface area is 160 Å². The van der Waals surface area contributed by atoms with Crippen LogP contribution in [0.2, 0.25) is 0 Å². The van der Waals surface area contributed by atoms with Gasteiger partial charge < -0.3 is 0 Å². The molecule has 98 valence electrons. The van der Waals surface area contributed by atoms with Crippen LogP contribution in [-0.4, -0.2) is 85.1 Å². The first kappa shape index (κ1) is 20.5. The van der Waals surface area contributed by atoms with Crippen molar-refractivity contribution in [2.75, 3.05) is 0 Å². The molecule has 0 atom stereocenters. The minimum absolute atomic E-state index is 0. The molecule has 0 aliphatic heterocycles. The number of hydrogen-bond acceptors (Lipinski definition) is 4. The summed E-state index contributed by atoms with van der Waals surface area (Å²) in [4.78, 5) is -1.66. The van der Waals surface area contributed by atoms with Gasteiger partial charge in [0.05, 0.1) is 0 Å². The van der Waals surface area contributed by atoms with Gasteiger partial charge in [-0.3, -0.25) is 9.11 Å². The first-order valence-corrected chi connectivity index (χ1v) is 7.56. The fourth-order valence-electron chi connectivity index (χ4n) is 1.69. The van der Waals surface area contributed by atoms with E-state index in [1.807, 2.05) is 0 Å². The summed E-state index contributed by atoms with van der Waals surface area (Å²) in [7, 11) is -9.53. The maximum absolute atomic E-state index is 11.3. The summed E-state index contributed by atoms with van der Waals surface area (Å²) in [6, 6.07) is 8.28. The molecule has 0 fully saturated rings. The third-order valence-electron chi connectivity index (χ3n) is 2.38. The Kier molecular flexibility index (Phi) is 7.37. The van der Waals surface area contributed by atoms with Crippen LogP contribution in [0.5, 0.6) is 0 Å². The molecular formula is C10H8Na2O6S2. The van der Waals surface area contributed by atoms with Gasteiger partial charge >= 0.3 is 0 Å². The van der Waals surface area contributed by atoms with Crippen LogP contribution in [0.25, 0.3) is 10.8 Å². The monoisotopic (exact) mass is 334 g/mol. The van der Waals surface area contributed by atoms with E-state index >= 15 is 0 Å². The average Bonchev–Trinajstić information content (AvgIpc) is 2.24. The van der Waals surface area contributed by atoms with E-state index in [-0.39, 0.29) is 64.5 Å². The zero-order valence-electron chi connectivity index (χ0n) is 10.8. The molecule has 0 aliphatic carbocycles. The van der Waals surface area contributed by atoms with Crippen LogP contribution in [0.1, 0.15) is 0 Å². The van der Waals surface area contributed by atoms with Crippen molar-refractivity contribution in [1.82, 2.24) is 0 Å². The normalized spacial score (nSPS) is 11.5. The van der Waals surface area contributed by atoms with Gasteiger partial charge in [-0.25, -0.2) is 0 Å².